The first kappa shape index (κ1) is 13.9. The topological polar surface area (TPSA) is 51.2 Å². The summed E-state index contributed by atoms with van der Waals surface area (Å²) in [4.78, 5) is 15.5. The van der Waals surface area contributed by atoms with Gasteiger partial charge in [0.2, 0.25) is 0 Å². The second-order valence-corrected chi connectivity index (χ2v) is 5.47. The highest BCUT2D eigenvalue weighted by atomic mass is 79.9. The number of carbonyl (C=O) groups is 1. The van der Waals surface area contributed by atoms with Crippen molar-refractivity contribution in [1.82, 2.24) is 10.3 Å². The van der Waals surface area contributed by atoms with Gasteiger partial charge in [-0.3, -0.25) is 4.98 Å². The van der Waals surface area contributed by atoms with Crippen molar-refractivity contribution in [2.24, 2.45) is 0 Å². The van der Waals surface area contributed by atoms with E-state index in [1.165, 1.54) is 6.07 Å². The fraction of sp³-hybridized carbons (Fsp3) is 0.143. The van der Waals surface area contributed by atoms with Gasteiger partial charge >= 0.3 is 6.09 Å². The average Bonchev–Trinajstić information content (AvgIpc) is 2.80. The van der Waals surface area contributed by atoms with Crippen LogP contribution in [0, 0.1) is 11.6 Å². The van der Waals surface area contributed by atoms with E-state index < -0.39 is 29.9 Å². The molecule has 0 unspecified atom stereocenters. The van der Waals surface area contributed by atoms with Gasteiger partial charge in [-0.2, -0.15) is 0 Å². The fourth-order valence-corrected chi connectivity index (χ4v) is 2.63. The minimum absolute atomic E-state index is 0.111. The number of pyridine rings is 1. The lowest BCUT2D eigenvalue weighted by Gasteiger charge is -2.18. The number of hydrogen-bond acceptors (Lipinski definition) is 3. The number of benzene rings is 1. The molecule has 1 saturated heterocycles. The zero-order chi connectivity index (χ0) is 15.0. The minimum atomic E-state index is -0.880. The van der Waals surface area contributed by atoms with Gasteiger partial charge < -0.3 is 10.1 Å². The number of carbonyl (C=O) groups excluding carboxylic acids is 1. The van der Waals surface area contributed by atoms with E-state index in [0.29, 0.717) is 5.56 Å². The van der Waals surface area contributed by atoms with Crippen LogP contribution >= 0.6 is 15.9 Å². The first-order valence-electron chi connectivity index (χ1n) is 6.07. The Kier molecular flexibility index (Phi) is 3.59. The van der Waals surface area contributed by atoms with Gasteiger partial charge in [0, 0.05) is 28.5 Å². The van der Waals surface area contributed by atoms with Gasteiger partial charge in [-0.25, -0.2) is 13.6 Å². The Morgan fingerprint density at radius 1 is 1.24 bits per heavy atom. The summed E-state index contributed by atoms with van der Waals surface area (Å²) in [6.45, 7) is 0. The number of nitrogens with one attached hydrogen (secondary N) is 1. The molecule has 108 valence electrons. The summed E-state index contributed by atoms with van der Waals surface area (Å²) in [6, 6.07) is 4.32. The maximum Gasteiger partial charge on any atom is 0.408 e. The van der Waals surface area contributed by atoms with Crippen LogP contribution in [0.25, 0.3) is 0 Å². The Balaban J connectivity index is 2.01. The Hall–Kier alpha value is -2.02. The van der Waals surface area contributed by atoms with Crippen molar-refractivity contribution >= 4 is 22.0 Å². The van der Waals surface area contributed by atoms with Crippen LogP contribution in [0.4, 0.5) is 13.6 Å². The van der Waals surface area contributed by atoms with E-state index in [2.05, 4.69) is 26.2 Å². The van der Waals surface area contributed by atoms with Gasteiger partial charge in [0.05, 0.1) is 0 Å². The molecule has 1 aromatic carbocycles. The highest BCUT2D eigenvalue weighted by Crippen LogP contribution is 2.38. The molecule has 0 saturated carbocycles. The monoisotopic (exact) mass is 354 g/mol. The molecule has 0 aliphatic carbocycles. The van der Waals surface area contributed by atoms with Gasteiger partial charge in [-0.1, -0.05) is 0 Å². The molecule has 4 nitrogen and oxygen atoms in total. The first-order valence-corrected chi connectivity index (χ1v) is 6.86. The molecule has 1 aliphatic heterocycles. The molecule has 7 heteroatoms. The Morgan fingerprint density at radius 3 is 2.76 bits per heavy atom. The molecule has 2 heterocycles. The quantitative estimate of drug-likeness (QED) is 0.895. The zero-order valence-electron chi connectivity index (χ0n) is 10.5. The maximum absolute atomic E-state index is 13.9. The highest BCUT2D eigenvalue weighted by molar-refractivity contribution is 9.10. The van der Waals surface area contributed by atoms with Crippen molar-refractivity contribution in [3.63, 3.8) is 0 Å². The zero-order valence-corrected chi connectivity index (χ0v) is 12.1. The number of halogens is 3. The number of ether oxygens (including phenoxy) is 1. The lowest BCUT2D eigenvalue weighted by Crippen LogP contribution is -2.20. The number of alkyl carbamates (subject to hydrolysis) is 1. The summed E-state index contributed by atoms with van der Waals surface area (Å²) < 4.78 is 32.8. The van der Waals surface area contributed by atoms with Crippen LogP contribution in [0.5, 0.6) is 0 Å². The normalized spacial score (nSPS) is 21.0. The molecule has 21 heavy (non-hydrogen) atoms. The van der Waals surface area contributed by atoms with Crippen molar-refractivity contribution in [1.29, 1.82) is 0 Å². The molecule has 0 spiro atoms. The first-order chi connectivity index (χ1) is 10.0. The van der Waals surface area contributed by atoms with E-state index >= 15 is 0 Å². The molecule has 1 aromatic heterocycles. The predicted molar refractivity (Wildman–Crippen MR) is 73.4 cm³/mol. The molecule has 3 rings (SSSR count). The molecule has 2 aromatic rings. The van der Waals surface area contributed by atoms with Crippen LogP contribution in [0.1, 0.15) is 23.3 Å². The summed E-state index contributed by atoms with van der Waals surface area (Å²) in [6.07, 6.45) is 1.61. The minimum Gasteiger partial charge on any atom is -0.439 e. The summed E-state index contributed by atoms with van der Waals surface area (Å²) in [5.74, 6) is -1.45. The smallest absolute Gasteiger partial charge is 0.408 e. The molecule has 1 amide bonds. The molecule has 2 atom stereocenters. The van der Waals surface area contributed by atoms with Gasteiger partial charge in [-0.15, -0.1) is 0 Å². The molecule has 0 bridgehead atoms. The van der Waals surface area contributed by atoms with Crippen molar-refractivity contribution in [2.75, 3.05) is 0 Å². The summed E-state index contributed by atoms with van der Waals surface area (Å²) in [5, 5.41) is 2.61. The third-order valence-corrected chi connectivity index (χ3v) is 3.60. The third-order valence-electron chi connectivity index (χ3n) is 3.16. The van der Waals surface area contributed by atoms with Crippen LogP contribution in [-0.2, 0) is 4.74 Å². The van der Waals surface area contributed by atoms with Gasteiger partial charge in [0.1, 0.15) is 17.7 Å². The number of nitrogens with zero attached hydrogens (tertiary/aromatic N) is 1. The lowest BCUT2D eigenvalue weighted by molar-refractivity contribution is 0.130. The Bertz CT molecular complexity index is 711. The summed E-state index contributed by atoms with van der Waals surface area (Å²) in [5.41, 5.74) is 0.767. The largest absolute Gasteiger partial charge is 0.439 e. The van der Waals surface area contributed by atoms with Gasteiger partial charge in [0.15, 0.2) is 6.10 Å². The van der Waals surface area contributed by atoms with E-state index in [4.69, 9.17) is 4.74 Å². The van der Waals surface area contributed by atoms with E-state index in [0.717, 1.165) is 16.6 Å². The van der Waals surface area contributed by atoms with Crippen molar-refractivity contribution in [3.05, 3.63) is 63.9 Å². The average molecular weight is 355 g/mol. The molecule has 1 fully saturated rings. The van der Waals surface area contributed by atoms with Crippen LogP contribution in [0.15, 0.2) is 41.1 Å². The van der Waals surface area contributed by atoms with E-state index in [1.807, 2.05) is 0 Å². The summed E-state index contributed by atoms with van der Waals surface area (Å²) >= 11 is 3.28. The number of amides is 1. The molecule has 1 N–H and O–H groups in total. The predicted octanol–water partition coefficient (Wildman–Crippen LogP) is 3.64. The SMILES string of the molecule is O=C1N[C@H](c2cncc(Br)c2)[C@@H](c2ccc(F)cc2F)O1. The van der Waals surface area contributed by atoms with Crippen molar-refractivity contribution in [2.45, 2.75) is 12.1 Å². The van der Waals surface area contributed by atoms with Crippen molar-refractivity contribution < 1.29 is 18.3 Å². The molecule has 0 radical (unpaired) electrons. The molecule has 1 aliphatic rings. The van der Waals surface area contributed by atoms with E-state index in [-0.39, 0.29) is 5.56 Å². The number of aromatic nitrogens is 1. The Labute approximate surface area is 127 Å². The summed E-state index contributed by atoms with van der Waals surface area (Å²) in [7, 11) is 0. The second kappa shape index (κ2) is 5.40. The second-order valence-electron chi connectivity index (χ2n) is 4.55. The third kappa shape index (κ3) is 2.73. The van der Waals surface area contributed by atoms with Crippen LogP contribution in [0.3, 0.4) is 0 Å². The maximum atomic E-state index is 13.9. The molecular weight excluding hydrogens is 346 g/mol. The van der Waals surface area contributed by atoms with E-state index in [1.54, 1.807) is 18.5 Å². The van der Waals surface area contributed by atoms with E-state index in [9.17, 15) is 13.6 Å². The number of hydrogen-bond donors (Lipinski definition) is 1. The molecular formula is C14H9BrF2N2O2. The number of cyclic esters (lactones) is 1. The van der Waals surface area contributed by atoms with Crippen LogP contribution in [-0.4, -0.2) is 11.1 Å². The van der Waals surface area contributed by atoms with Crippen LogP contribution in [0.2, 0.25) is 0 Å². The standard InChI is InChI=1S/C14H9BrF2N2O2/c15-8-3-7(5-18-6-8)12-13(21-14(20)19-12)10-2-1-9(16)4-11(10)17/h1-6,12-13H,(H,19,20)/t12-,13-/m1/s1. The lowest BCUT2D eigenvalue weighted by atomic mass is 9.97. The van der Waals surface area contributed by atoms with Crippen molar-refractivity contribution in [3.8, 4) is 0 Å². The number of rotatable bonds is 2. The highest BCUT2D eigenvalue weighted by Gasteiger charge is 2.38. The Morgan fingerprint density at radius 2 is 2.05 bits per heavy atom. The van der Waals surface area contributed by atoms with Crippen LogP contribution < -0.4 is 5.32 Å². The van der Waals surface area contributed by atoms with Gasteiger partial charge in [-0.05, 0) is 39.7 Å². The van der Waals surface area contributed by atoms with Gasteiger partial charge in [0.25, 0.3) is 0 Å². The fourth-order valence-electron chi connectivity index (χ4n) is 2.25.